The van der Waals surface area contributed by atoms with Crippen molar-refractivity contribution in [2.75, 3.05) is 13.7 Å². The first kappa shape index (κ1) is 30.4. The molecule has 1 aliphatic heterocycles. The van der Waals surface area contributed by atoms with E-state index in [0.717, 1.165) is 31.2 Å². The van der Waals surface area contributed by atoms with E-state index in [1.165, 1.54) is 24.9 Å². The van der Waals surface area contributed by atoms with E-state index < -0.39 is 18.5 Å². The van der Waals surface area contributed by atoms with Gasteiger partial charge >= 0.3 is 34.1 Å². The third kappa shape index (κ3) is 6.91. The summed E-state index contributed by atoms with van der Waals surface area (Å²) in [4.78, 5) is 51.1. The number of benzene rings is 2. The zero-order valence-corrected chi connectivity index (χ0v) is 25.3. The molecule has 0 aromatic heterocycles. The minimum absolute atomic E-state index is 0. The van der Waals surface area contributed by atoms with Crippen molar-refractivity contribution in [3.8, 4) is 5.75 Å². The number of amides is 4. The van der Waals surface area contributed by atoms with Gasteiger partial charge in [0.15, 0.2) is 0 Å². The summed E-state index contributed by atoms with van der Waals surface area (Å²) in [7, 11) is 0.493. The van der Waals surface area contributed by atoms with E-state index in [4.69, 9.17) is 9.39 Å². The van der Waals surface area contributed by atoms with E-state index in [9.17, 15) is 19.2 Å². The van der Waals surface area contributed by atoms with Gasteiger partial charge in [-0.3, -0.25) is 19.3 Å². The van der Waals surface area contributed by atoms with E-state index in [-0.39, 0.29) is 48.3 Å². The summed E-state index contributed by atoms with van der Waals surface area (Å²) in [5, 5.41) is 5.57. The van der Waals surface area contributed by atoms with Gasteiger partial charge in [0.05, 0.1) is 12.5 Å². The maximum atomic E-state index is 13.2. The Hall–Kier alpha value is -3.13. The number of imide groups is 1. The molecule has 1 aliphatic carbocycles. The van der Waals surface area contributed by atoms with Crippen LogP contribution >= 0.6 is 0 Å². The summed E-state index contributed by atoms with van der Waals surface area (Å²) in [5.74, 6) is -0.0614. The SMILES string of the molecule is COc1ccc2c(c1)C(=O)N(CCc1c[c-]c(B(NC(=O)NC3CCCCC3)O[C-]=O)cc1)C(=O)C2(C)C.[HH].[HH].[W+2]. The second-order valence-electron chi connectivity index (χ2n) is 10.2. The molecule has 0 radical (unpaired) electrons. The smallest absolute Gasteiger partial charge is 0.707 e. The number of nitrogens with one attached hydrogen (secondary N) is 2. The van der Waals surface area contributed by atoms with Crippen LogP contribution in [0.25, 0.3) is 0 Å². The maximum Gasteiger partial charge on any atom is 2.00 e. The largest absolute Gasteiger partial charge is 2.00 e. The van der Waals surface area contributed by atoms with Gasteiger partial charge in [0.1, 0.15) is 5.75 Å². The zero-order chi connectivity index (χ0) is 27.3. The van der Waals surface area contributed by atoms with Crippen molar-refractivity contribution in [3.05, 3.63) is 59.2 Å². The molecule has 2 aromatic rings. The number of carbonyl (C=O) groups excluding carboxylic acids is 4. The van der Waals surface area contributed by atoms with Gasteiger partial charge in [-0.15, -0.1) is 5.46 Å². The van der Waals surface area contributed by atoms with Gasteiger partial charge in [-0.1, -0.05) is 38.2 Å². The number of fused-ring (bicyclic) bond motifs is 1. The molecule has 2 aromatic carbocycles. The van der Waals surface area contributed by atoms with Crippen LogP contribution < -0.4 is 20.7 Å². The Morgan fingerprint density at radius 1 is 1.21 bits per heavy atom. The molecule has 2 aliphatic rings. The van der Waals surface area contributed by atoms with Crippen LogP contribution in [0, 0.1) is 6.07 Å². The van der Waals surface area contributed by atoms with Crippen LogP contribution in [0.3, 0.4) is 0 Å². The molecule has 0 saturated heterocycles. The summed E-state index contributed by atoms with van der Waals surface area (Å²) in [6.07, 6.45) is 5.59. The summed E-state index contributed by atoms with van der Waals surface area (Å²) >= 11 is 0. The summed E-state index contributed by atoms with van der Waals surface area (Å²) in [6.45, 7) is 5.20. The van der Waals surface area contributed by atoms with Crippen molar-refractivity contribution in [2.24, 2.45) is 0 Å². The molecule has 0 unspecified atom stereocenters. The Balaban J connectivity index is 0.00000280. The minimum atomic E-state index is -1.04. The normalized spacial score (nSPS) is 16.4. The molecule has 9 nitrogen and oxygen atoms in total. The molecule has 4 rings (SSSR count). The van der Waals surface area contributed by atoms with Crippen molar-refractivity contribution in [1.29, 1.82) is 0 Å². The third-order valence-electron chi connectivity index (χ3n) is 7.33. The van der Waals surface area contributed by atoms with E-state index >= 15 is 0 Å². The summed E-state index contributed by atoms with van der Waals surface area (Å²) in [5.41, 5.74) is 1.55. The van der Waals surface area contributed by atoms with Gasteiger partial charge in [0, 0.05) is 21.0 Å². The monoisotopic (exact) mass is 705 g/mol. The predicted molar refractivity (Wildman–Crippen MR) is 146 cm³/mol. The molecule has 0 spiro atoms. The van der Waals surface area contributed by atoms with Gasteiger partial charge in [0.2, 0.25) is 5.91 Å². The predicted octanol–water partition coefficient (Wildman–Crippen LogP) is 2.90. The molecule has 1 heterocycles. The van der Waals surface area contributed by atoms with Crippen molar-refractivity contribution in [2.45, 2.75) is 63.8 Å². The number of methoxy groups -OCH3 is 1. The molecule has 39 heavy (non-hydrogen) atoms. The Morgan fingerprint density at radius 3 is 2.59 bits per heavy atom. The standard InChI is InChI=1S/C28H32BN3O6.W.2H2/c1-28(2)24-14-13-22(37-3)17-23(24)25(34)32(26(28)35)16-15-19-9-11-20(12-10-19)29(38-18-33)31-27(36)30-21-7-5-4-6-8-21;;;/h9-11,13-14,17,21H,4-8,15-16H2,1-3H3,(H2,30,31,36);;2*1H/q-2;+2;;. The van der Waals surface area contributed by atoms with E-state index in [1.807, 2.05) is 13.8 Å². The molecule has 11 heteroatoms. The summed E-state index contributed by atoms with van der Waals surface area (Å²) in [6, 6.07) is 13.1. The van der Waals surface area contributed by atoms with Gasteiger partial charge in [-0.05, 0) is 44.4 Å². The van der Waals surface area contributed by atoms with E-state index in [2.05, 4.69) is 16.6 Å². The second kappa shape index (κ2) is 13.3. The number of urea groups is 1. The third-order valence-corrected chi connectivity index (χ3v) is 7.33. The Labute approximate surface area is 246 Å². The van der Waals surface area contributed by atoms with Crippen molar-refractivity contribution >= 4 is 36.8 Å². The van der Waals surface area contributed by atoms with Crippen LogP contribution in [0.5, 0.6) is 5.75 Å². The number of carbonyl (C=O) groups is 3. The van der Waals surface area contributed by atoms with Crippen molar-refractivity contribution < 1.29 is 52.5 Å². The first-order chi connectivity index (χ1) is 18.2. The number of ether oxygens (including phenoxy) is 1. The molecule has 1 fully saturated rings. The first-order valence-corrected chi connectivity index (χ1v) is 12.9. The zero-order valence-electron chi connectivity index (χ0n) is 22.4. The van der Waals surface area contributed by atoms with Crippen LogP contribution in [-0.4, -0.2) is 56.0 Å². The fourth-order valence-electron chi connectivity index (χ4n) is 5.11. The van der Waals surface area contributed by atoms with Crippen molar-refractivity contribution in [1.82, 2.24) is 15.4 Å². The van der Waals surface area contributed by atoms with Gasteiger partial charge in [0.25, 0.3) is 5.91 Å². The number of hydrogen-bond donors (Lipinski definition) is 2. The Bertz CT molecular complexity index is 1210. The maximum absolute atomic E-state index is 13.2. The molecular weight excluding hydrogens is 669 g/mol. The average molecular weight is 705 g/mol. The van der Waals surface area contributed by atoms with Crippen LogP contribution in [0.2, 0.25) is 0 Å². The molecule has 1 saturated carbocycles. The molecular formula is C28H36BN3O6W. The van der Waals surface area contributed by atoms with Crippen LogP contribution in [0.1, 0.15) is 70.3 Å². The fraction of sp³-hybridized carbons (Fsp3) is 0.429. The molecule has 208 valence electrons. The summed E-state index contributed by atoms with van der Waals surface area (Å²) < 4.78 is 10.2. The number of hydrogen-bond acceptors (Lipinski definition) is 6. The molecule has 2 N–H and O–H groups in total. The van der Waals surface area contributed by atoms with E-state index in [0.29, 0.717) is 28.8 Å². The van der Waals surface area contributed by atoms with E-state index in [1.54, 1.807) is 36.4 Å². The fourth-order valence-corrected chi connectivity index (χ4v) is 5.11. The van der Waals surface area contributed by atoms with Crippen molar-refractivity contribution in [3.63, 3.8) is 0 Å². The van der Waals surface area contributed by atoms with Gasteiger partial charge in [-0.25, -0.2) is 0 Å². The first-order valence-electron chi connectivity index (χ1n) is 12.9. The second-order valence-corrected chi connectivity index (χ2v) is 10.2. The molecule has 0 atom stereocenters. The van der Waals surface area contributed by atoms with Crippen LogP contribution in [-0.2, 0) is 47.1 Å². The van der Waals surface area contributed by atoms with Crippen LogP contribution in [0.15, 0.2) is 36.4 Å². The average Bonchev–Trinajstić information content (AvgIpc) is 2.92. The Morgan fingerprint density at radius 2 is 1.95 bits per heavy atom. The number of nitrogens with zero attached hydrogens (tertiary/aromatic N) is 1. The van der Waals surface area contributed by atoms with Crippen LogP contribution in [0.4, 0.5) is 4.79 Å². The topological polar surface area (TPSA) is 114 Å². The Kier molecular flexibility index (Phi) is 10.4. The molecule has 4 amide bonds. The minimum Gasteiger partial charge on any atom is -0.707 e. The molecule has 0 bridgehead atoms. The van der Waals surface area contributed by atoms with Gasteiger partial charge < -0.3 is 24.7 Å². The quantitative estimate of drug-likeness (QED) is 0.236. The van der Waals surface area contributed by atoms with Gasteiger partial charge in [-0.2, -0.15) is 29.8 Å². The number of rotatable bonds is 9.